The summed E-state index contributed by atoms with van der Waals surface area (Å²) in [5.41, 5.74) is 0.0611. The molecular weight excluding hydrogens is 322 g/mol. The smallest absolute Gasteiger partial charge is 0.354 e. The Labute approximate surface area is 121 Å². The standard InChI is InChI=1S/C11H10F6N2OS/c12-10(13,14)6-18-9(21)19-8(20-11(15,16)17)7-4-2-1-3-5-7/h1-5,8H,6H2,(H2,18,19,21). The largest absolute Gasteiger partial charge is 0.524 e. The normalized spacial score (nSPS) is 13.6. The highest BCUT2D eigenvalue weighted by atomic mass is 32.1. The fraction of sp³-hybridized carbons (Fsp3) is 0.364. The van der Waals surface area contributed by atoms with E-state index in [0.717, 1.165) is 0 Å². The van der Waals surface area contributed by atoms with Crippen molar-refractivity contribution in [3.8, 4) is 0 Å². The van der Waals surface area contributed by atoms with Gasteiger partial charge in [0.05, 0.1) is 0 Å². The van der Waals surface area contributed by atoms with Gasteiger partial charge in [-0.2, -0.15) is 13.2 Å². The van der Waals surface area contributed by atoms with Crippen LogP contribution in [0.2, 0.25) is 0 Å². The summed E-state index contributed by atoms with van der Waals surface area (Å²) in [7, 11) is 0. The first-order chi connectivity index (χ1) is 9.57. The molecule has 1 atom stereocenters. The molecule has 0 aromatic heterocycles. The highest BCUT2D eigenvalue weighted by Crippen LogP contribution is 2.26. The lowest BCUT2D eigenvalue weighted by Crippen LogP contribution is -2.43. The minimum absolute atomic E-state index is 0.0611. The number of nitrogens with one attached hydrogen (secondary N) is 2. The second kappa shape index (κ2) is 6.94. The Morgan fingerprint density at radius 2 is 1.67 bits per heavy atom. The maximum absolute atomic E-state index is 12.3. The van der Waals surface area contributed by atoms with E-state index in [1.807, 2.05) is 5.32 Å². The van der Waals surface area contributed by atoms with E-state index in [1.165, 1.54) is 24.3 Å². The number of rotatable bonds is 4. The number of hydrogen-bond donors (Lipinski definition) is 2. The van der Waals surface area contributed by atoms with Gasteiger partial charge in [-0.1, -0.05) is 30.3 Å². The van der Waals surface area contributed by atoms with E-state index >= 15 is 0 Å². The monoisotopic (exact) mass is 332 g/mol. The topological polar surface area (TPSA) is 33.3 Å². The van der Waals surface area contributed by atoms with Crippen LogP contribution in [0.3, 0.4) is 0 Å². The van der Waals surface area contributed by atoms with Crippen LogP contribution in [0.15, 0.2) is 30.3 Å². The highest BCUT2D eigenvalue weighted by Gasteiger charge is 2.35. The van der Waals surface area contributed by atoms with Crippen molar-refractivity contribution in [1.82, 2.24) is 10.6 Å². The maximum Gasteiger partial charge on any atom is 0.524 e. The van der Waals surface area contributed by atoms with E-state index in [4.69, 9.17) is 0 Å². The van der Waals surface area contributed by atoms with Gasteiger partial charge >= 0.3 is 12.5 Å². The first-order valence-electron chi connectivity index (χ1n) is 5.47. The number of thiocarbonyl (C=S) groups is 1. The Bertz CT molecular complexity index is 462. The SMILES string of the molecule is FC(F)(F)CNC(=S)NC(OC(F)(F)F)c1ccccc1. The summed E-state index contributed by atoms with van der Waals surface area (Å²) in [6.45, 7) is -1.47. The second-order valence-electron chi connectivity index (χ2n) is 3.80. The number of hydrogen-bond acceptors (Lipinski definition) is 2. The molecule has 0 fully saturated rings. The number of ether oxygens (including phenoxy) is 1. The van der Waals surface area contributed by atoms with Gasteiger partial charge < -0.3 is 10.6 Å². The molecule has 0 aliphatic carbocycles. The fourth-order valence-corrected chi connectivity index (χ4v) is 1.47. The predicted molar refractivity (Wildman–Crippen MR) is 66.1 cm³/mol. The minimum Gasteiger partial charge on any atom is -0.354 e. The average molecular weight is 332 g/mol. The van der Waals surface area contributed by atoms with Crippen LogP contribution in [0.1, 0.15) is 11.8 Å². The van der Waals surface area contributed by atoms with Gasteiger partial charge in [0.1, 0.15) is 6.54 Å². The van der Waals surface area contributed by atoms with Crippen molar-refractivity contribution in [2.45, 2.75) is 18.8 Å². The number of benzene rings is 1. The molecule has 0 saturated heterocycles. The van der Waals surface area contributed by atoms with Gasteiger partial charge in [-0.3, -0.25) is 4.74 Å². The van der Waals surface area contributed by atoms with Crippen LogP contribution in [-0.4, -0.2) is 24.2 Å². The molecule has 1 rings (SSSR count). The zero-order valence-corrected chi connectivity index (χ0v) is 11.1. The summed E-state index contributed by atoms with van der Waals surface area (Å²) in [4.78, 5) is 0. The minimum atomic E-state index is -4.98. The van der Waals surface area contributed by atoms with Gasteiger partial charge in [-0.15, -0.1) is 13.2 Å². The lowest BCUT2D eigenvalue weighted by atomic mass is 10.2. The molecule has 2 N–H and O–H groups in total. The molecule has 0 spiro atoms. The lowest BCUT2D eigenvalue weighted by molar-refractivity contribution is -0.346. The van der Waals surface area contributed by atoms with E-state index < -0.39 is 30.4 Å². The first kappa shape index (κ1) is 17.5. The molecular formula is C11H10F6N2OS. The Balaban J connectivity index is 2.72. The number of halogens is 6. The van der Waals surface area contributed by atoms with E-state index in [0.29, 0.717) is 0 Å². The zero-order valence-electron chi connectivity index (χ0n) is 10.3. The molecule has 21 heavy (non-hydrogen) atoms. The number of alkyl halides is 6. The molecule has 1 aromatic carbocycles. The van der Waals surface area contributed by atoms with Gasteiger partial charge in [0, 0.05) is 5.56 Å². The van der Waals surface area contributed by atoms with Crippen molar-refractivity contribution in [3.05, 3.63) is 35.9 Å². The summed E-state index contributed by atoms with van der Waals surface area (Å²) in [6.07, 6.45) is -11.3. The summed E-state index contributed by atoms with van der Waals surface area (Å²) in [5, 5.41) is 3.19. The van der Waals surface area contributed by atoms with Crippen LogP contribution in [0, 0.1) is 0 Å². The van der Waals surface area contributed by atoms with Gasteiger partial charge in [0.25, 0.3) is 0 Å². The van der Waals surface area contributed by atoms with Crippen molar-refractivity contribution >= 4 is 17.3 Å². The highest BCUT2D eigenvalue weighted by molar-refractivity contribution is 7.80. The first-order valence-corrected chi connectivity index (χ1v) is 5.88. The zero-order chi connectivity index (χ0) is 16.1. The Hall–Kier alpha value is -1.55. The second-order valence-corrected chi connectivity index (χ2v) is 4.20. The summed E-state index contributed by atoms with van der Waals surface area (Å²) in [5.74, 6) is 0. The quantitative estimate of drug-likeness (QED) is 0.504. The third kappa shape index (κ3) is 7.71. The van der Waals surface area contributed by atoms with Crippen LogP contribution in [0.5, 0.6) is 0 Å². The van der Waals surface area contributed by atoms with Crippen LogP contribution in [0.4, 0.5) is 26.3 Å². The molecule has 0 radical (unpaired) electrons. The molecule has 0 aliphatic heterocycles. The van der Waals surface area contributed by atoms with Crippen LogP contribution >= 0.6 is 12.2 Å². The van der Waals surface area contributed by atoms with E-state index in [-0.39, 0.29) is 5.56 Å². The van der Waals surface area contributed by atoms with Crippen molar-refractivity contribution in [2.24, 2.45) is 0 Å². The maximum atomic E-state index is 12.3. The predicted octanol–water partition coefficient (Wildman–Crippen LogP) is 3.25. The Morgan fingerprint density at radius 3 is 2.14 bits per heavy atom. The molecule has 3 nitrogen and oxygen atoms in total. The molecule has 0 bridgehead atoms. The average Bonchev–Trinajstić information content (AvgIpc) is 2.34. The fourth-order valence-electron chi connectivity index (χ4n) is 1.29. The summed E-state index contributed by atoms with van der Waals surface area (Å²) < 4.78 is 76.7. The molecule has 118 valence electrons. The van der Waals surface area contributed by atoms with Gasteiger partial charge in [-0.25, -0.2) is 0 Å². The van der Waals surface area contributed by atoms with Gasteiger partial charge in [-0.05, 0) is 12.2 Å². The van der Waals surface area contributed by atoms with Crippen LogP contribution < -0.4 is 10.6 Å². The molecule has 0 aliphatic rings. The van der Waals surface area contributed by atoms with Gasteiger partial charge in [0.2, 0.25) is 0 Å². The van der Waals surface area contributed by atoms with Crippen molar-refractivity contribution < 1.29 is 31.1 Å². The third-order valence-electron chi connectivity index (χ3n) is 2.07. The lowest BCUT2D eigenvalue weighted by Gasteiger charge is -2.23. The molecule has 1 aromatic rings. The van der Waals surface area contributed by atoms with Gasteiger partial charge in [0.15, 0.2) is 11.3 Å². The molecule has 10 heteroatoms. The van der Waals surface area contributed by atoms with Crippen molar-refractivity contribution in [3.63, 3.8) is 0 Å². The molecule has 0 heterocycles. The van der Waals surface area contributed by atoms with E-state index in [9.17, 15) is 26.3 Å². The molecule has 0 saturated carbocycles. The van der Waals surface area contributed by atoms with Crippen molar-refractivity contribution in [2.75, 3.05) is 6.54 Å². The van der Waals surface area contributed by atoms with Crippen LogP contribution in [-0.2, 0) is 4.74 Å². The Kier molecular flexibility index (Phi) is 5.78. The van der Waals surface area contributed by atoms with E-state index in [2.05, 4.69) is 17.0 Å². The summed E-state index contributed by atoms with van der Waals surface area (Å²) >= 11 is 4.52. The van der Waals surface area contributed by atoms with Crippen LogP contribution in [0.25, 0.3) is 0 Å². The van der Waals surface area contributed by atoms with Crippen molar-refractivity contribution in [1.29, 1.82) is 0 Å². The molecule has 1 unspecified atom stereocenters. The Morgan fingerprint density at radius 1 is 1.10 bits per heavy atom. The van der Waals surface area contributed by atoms with E-state index in [1.54, 1.807) is 11.4 Å². The third-order valence-corrected chi connectivity index (χ3v) is 2.33. The summed E-state index contributed by atoms with van der Waals surface area (Å²) in [6, 6.07) is 7.10. The molecule has 0 amide bonds.